The zero-order chi connectivity index (χ0) is 25.0. The van der Waals surface area contributed by atoms with Crippen molar-refractivity contribution in [2.45, 2.75) is 20.1 Å². The first-order chi connectivity index (χ1) is 16.1. The standard InChI is InChI=1S/C21H14Cl5F2NO5/c1-2-31-13-7-9(3-5-11(13)34-21(27)28)29-20(30)12-6-4-10(33-12)8-32-19-17(25)15(23)14(22)16(24)18(19)26/h3-7,21H,2,8H2,1H3,(H,29,30). The van der Waals surface area contributed by atoms with E-state index in [0.29, 0.717) is 0 Å². The van der Waals surface area contributed by atoms with E-state index in [0.717, 1.165) is 0 Å². The lowest BCUT2D eigenvalue weighted by atomic mass is 10.2. The number of hydrogen-bond donors (Lipinski definition) is 1. The van der Waals surface area contributed by atoms with Crippen LogP contribution in [0.3, 0.4) is 0 Å². The summed E-state index contributed by atoms with van der Waals surface area (Å²) >= 11 is 30.2. The summed E-state index contributed by atoms with van der Waals surface area (Å²) in [6, 6.07) is 6.90. The van der Waals surface area contributed by atoms with Crippen molar-refractivity contribution in [2.24, 2.45) is 0 Å². The number of ether oxygens (including phenoxy) is 3. The number of benzene rings is 2. The molecular weight excluding hydrogens is 561 g/mol. The van der Waals surface area contributed by atoms with Crippen LogP contribution >= 0.6 is 58.0 Å². The fraction of sp³-hybridized carbons (Fsp3) is 0.190. The molecule has 6 nitrogen and oxygen atoms in total. The van der Waals surface area contributed by atoms with E-state index in [1.165, 1.54) is 30.3 Å². The molecule has 0 aliphatic heterocycles. The van der Waals surface area contributed by atoms with Gasteiger partial charge in [0, 0.05) is 11.8 Å². The summed E-state index contributed by atoms with van der Waals surface area (Å²) in [7, 11) is 0. The molecule has 3 rings (SSSR count). The van der Waals surface area contributed by atoms with Gasteiger partial charge in [-0.3, -0.25) is 4.79 Å². The van der Waals surface area contributed by atoms with E-state index in [1.807, 2.05) is 0 Å². The first-order valence-corrected chi connectivity index (χ1v) is 11.3. The SMILES string of the molecule is CCOc1cc(NC(=O)c2ccc(COc3c(Cl)c(Cl)c(Cl)c(Cl)c3Cl)o2)ccc1OC(F)F. The van der Waals surface area contributed by atoms with Gasteiger partial charge in [0.1, 0.15) is 22.4 Å². The third kappa shape index (κ3) is 6.12. The van der Waals surface area contributed by atoms with Gasteiger partial charge in [-0.1, -0.05) is 58.0 Å². The molecule has 2 aromatic carbocycles. The first-order valence-electron chi connectivity index (χ1n) is 9.38. The molecule has 0 spiro atoms. The highest BCUT2D eigenvalue weighted by atomic mass is 35.5. The largest absolute Gasteiger partial charge is 0.490 e. The predicted molar refractivity (Wildman–Crippen MR) is 127 cm³/mol. The maximum Gasteiger partial charge on any atom is 0.387 e. The molecule has 0 fully saturated rings. The van der Waals surface area contributed by atoms with E-state index in [1.54, 1.807) is 6.92 Å². The summed E-state index contributed by atoms with van der Waals surface area (Å²) in [5, 5.41) is 2.45. The normalized spacial score (nSPS) is 11.0. The Kier molecular flexibility index (Phi) is 9.01. The van der Waals surface area contributed by atoms with Crippen molar-refractivity contribution in [1.29, 1.82) is 0 Å². The molecule has 0 saturated heterocycles. The van der Waals surface area contributed by atoms with Gasteiger partial charge in [-0.2, -0.15) is 8.78 Å². The minimum atomic E-state index is -3.02. The van der Waals surface area contributed by atoms with Gasteiger partial charge in [0.2, 0.25) is 0 Å². The van der Waals surface area contributed by atoms with Gasteiger partial charge in [0.25, 0.3) is 5.91 Å². The van der Waals surface area contributed by atoms with Gasteiger partial charge in [0.15, 0.2) is 23.0 Å². The van der Waals surface area contributed by atoms with Crippen molar-refractivity contribution in [2.75, 3.05) is 11.9 Å². The number of rotatable bonds is 9. The Bertz CT molecular complexity index is 1180. The number of alkyl halides is 2. The summed E-state index contributed by atoms with van der Waals surface area (Å²) in [5.41, 5.74) is 0.272. The lowest BCUT2D eigenvalue weighted by Gasteiger charge is -2.13. The minimum Gasteiger partial charge on any atom is -0.490 e. The predicted octanol–water partition coefficient (Wildman–Crippen LogP) is 8.38. The molecule has 0 atom stereocenters. The topological polar surface area (TPSA) is 69.9 Å². The van der Waals surface area contributed by atoms with Gasteiger partial charge < -0.3 is 23.9 Å². The lowest BCUT2D eigenvalue weighted by molar-refractivity contribution is -0.0514. The Morgan fingerprint density at radius 1 is 0.941 bits per heavy atom. The Balaban J connectivity index is 1.70. The third-order valence-electron chi connectivity index (χ3n) is 4.13. The Morgan fingerprint density at radius 3 is 2.21 bits per heavy atom. The van der Waals surface area contributed by atoms with Gasteiger partial charge >= 0.3 is 6.61 Å². The molecule has 1 N–H and O–H groups in total. The number of anilines is 1. The molecule has 0 radical (unpaired) electrons. The Morgan fingerprint density at radius 2 is 1.59 bits per heavy atom. The van der Waals surface area contributed by atoms with Crippen LogP contribution in [0.15, 0.2) is 34.7 Å². The van der Waals surface area contributed by atoms with Crippen molar-refractivity contribution in [3.63, 3.8) is 0 Å². The van der Waals surface area contributed by atoms with Crippen LogP contribution < -0.4 is 19.5 Å². The fourth-order valence-electron chi connectivity index (χ4n) is 2.67. The highest BCUT2D eigenvalue weighted by Crippen LogP contribution is 2.48. The van der Waals surface area contributed by atoms with Crippen molar-refractivity contribution in [1.82, 2.24) is 0 Å². The first kappa shape index (κ1) is 26.5. The van der Waals surface area contributed by atoms with Crippen molar-refractivity contribution < 1.29 is 32.2 Å². The number of hydrogen-bond acceptors (Lipinski definition) is 5. The van der Waals surface area contributed by atoms with Gasteiger partial charge in [0.05, 0.1) is 21.7 Å². The van der Waals surface area contributed by atoms with E-state index in [2.05, 4.69) is 10.1 Å². The second-order valence-corrected chi connectivity index (χ2v) is 8.27. The quantitative estimate of drug-likeness (QED) is 0.205. The van der Waals surface area contributed by atoms with Crippen LogP contribution in [0, 0.1) is 0 Å². The lowest BCUT2D eigenvalue weighted by Crippen LogP contribution is -2.11. The summed E-state index contributed by atoms with van der Waals surface area (Å²) in [4.78, 5) is 12.5. The summed E-state index contributed by atoms with van der Waals surface area (Å²) in [6.07, 6.45) is 0. The average molecular weight is 576 g/mol. The summed E-state index contributed by atoms with van der Waals surface area (Å²) in [6.45, 7) is -1.30. The van der Waals surface area contributed by atoms with E-state index in [4.69, 9.17) is 71.9 Å². The maximum absolute atomic E-state index is 12.5. The maximum atomic E-state index is 12.5. The number of amides is 1. The molecule has 0 unspecified atom stereocenters. The average Bonchev–Trinajstić information content (AvgIpc) is 3.27. The second kappa shape index (κ2) is 11.6. The monoisotopic (exact) mass is 573 g/mol. The molecular formula is C21H14Cl5F2NO5. The molecule has 0 saturated carbocycles. The summed E-state index contributed by atoms with van der Waals surface area (Å²) < 4.78 is 45.8. The molecule has 1 amide bonds. The van der Waals surface area contributed by atoms with E-state index < -0.39 is 12.5 Å². The second-order valence-electron chi connectivity index (χ2n) is 6.38. The fourth-order valence-corrected chi connectivity index (χ4v) is 3.90. The zero-order valence-electron chi connectivity index (χ0n) is 17.1. The molecule has 0 aliphatic carbocycles. The van der Waals surface area contributed by atoms with Gasteiger partial charge in [-0.15, -0.1) is 0 Å². The van der Waals surface area contributed by atoms with E-state index in [-0.39, 0.29) is 72.8 Å². The Labute approximate surface area is 217 Å². The number of carbonyl (C=O) groups excluding carboxylic acids is 1. The van der Waals surface area contributed by atoms with Gasteiger partial charge in [-0.05, 0) is 31.2 Å². The number of halogens is 7. The van der Waals surface area contributed by atoms with Crippen LogP contribution in [0.25, 0.3) is 0 Å². The van der Waals surface area contributed by atoms with Gasteiger partial charge in [-0.25, -0.2) is 0 Å². The minimum absolute atomic E-state index is 0.000283. The molecule has 3 aromatic rings. The molecule has 34 heavy (non-hydrogen) atoms. The highest BCUT2D eigenvalue weighted by Gasteiger charge is 2.21. The number of carbonyl (C=O) groups is 1. The van der Waals surface area contributed by atoms with Crippen molar-refractivity contribution >= 4 is 69.6 Å². The highest BCUT2D eigenvalue weighted by molar-refractivity contribution is 6.55. The van der Waals surface area contributed by atoms with Crippen LogP contribution in [-0.4, -0.2) is 19.1 Å². The zero-order valence-corrected chi connectivity index (χ0v) is 20.8. The molecule has 182 valence electrons. The number of nitrogens with one attached hydrogen (secondary N) is 1. The molecule has 13 heteroatoms. The van der Waals surface area contributed by atoms with E-state index >= 15 is 0 Å². The molecule has 1 aromatic heterocycles. The van der Waals surface area contributed by atoms with Crippen LogP contribution in [0.5, 0.6) is 17.2 Å². The summed E-state index contributed by atoms with van der Waals surface area (Å²) in [5.74, 6) is -0.510. The van der Waals surface area contributed by atoms with Crippen LogP contribution in [0.1, 0.15) is 23.2 Å². The van der Waals surface area contributed by atoms with Crippen LogP contribution in [0.2, 0.25) is 25.1 Å². The number of furan rings is 1. The van der Waals surface area contributed by atoms with Crippen LogP contribution in [-0.2, 0) is 6.61 Å². The molecule has 0 aliphatic rings. The molecule has 1 heterocycles. The Hall–Kier alpha value is -2.10. The smallest absolute Gasteiger partial charge is 0.387 e. The van der Waals surface area contributed by atoms with Crippen LogP contribution in [0.4, 0.5) is 14.5 Å². The van der Waals surface area contributed by atoms with Crippen molar-refractivity contribution in [3.8, 4) is 17.2 Å². The van der Waals surface area contributed by atoms with E-state index in [9.17, 15) is 13.6 Å². The third-order valence-corrected chi connectivity index (χ3v) is 6.37. The molecule has 0 bridgehead atoms. The van der Waals surface area contributed by atoms with Crippen molar-refractivity contribution in [3.05, 3.63) is 67.0 Å².